The average molecular weight is 405 g/mol. The maximum Gasteiger partial charge on any atom is 0.267 e. The van der Waals surface area contributed by atoms with Crippen molar-refractivity contribution in [3.63, 3.8) is 0 Å². The van der Waals surface area contributed by atoms with Crippen LogP contribution in [0.3, 0.4) is 0 Å². The van der Waals surface area contributed by atoms with Gasteiger partial charge in [0.15, 0.2) is 5.78 Å². The molecule has 8 heteroatoms. The highest BCUT2D eigenvalue weighted by molar-refractivity contribution is 5.95. The summed E-state index contributed by atoms with van der Waals surface area (Å²) in [5.74, 6) is -0.698. The molecule has 3 aromatic rings. The number of ketones is 1. The highest BCUT2D eigenvalue weighted by Gasteiger charge is 2.40. The average Bonchev–Trinajstić information content (AvgIpc) is 2.71. The van der Waals surface area contributed by atoms with Crippen molar-refractivity contribution >= 4 is 17.5 Å². The first kappa shape index (κ1) is 19.6. The number of halogens is 1. The van der Waals surface area contributed by atoms with Crippen molar-refractivity contribution in [1.29, 1.82) is 0 Å². The number of hydrogen-bond donors (Lipinski definition) is 2. The molecule has 2 aromatic heterocycles. The summed E-state index contributed by atoms with van der Waals surface area (Å²) in [6.07, 6.45) is 2.64. The zero-order valence-corrected chi connectivity index (χ0v) is 16.4. The lowest BCUT2D eigenvalue weighted by Gasteiger charge is -2.42. The predicted molar refractivity (Wildman–Crippen MR) is 109 cm³/mol. The van der Waals surface area contributed by atoms with Crippen LogP contribution in [0.1, 0.15) is 52.7 Å². The van der Waals surface area contributed by atoms with Crippen LogP contribution in [0.5, 0.6) is 0 Å². The third kappa shape index (κ3) is 3.63. The summed E-state index contributed by atoms with van der Waals surface area (Å²) in [5.41, 5.74) is 6.78. The third-order valence-corrected chi connectivity index (χ3v) is 5.38. The number of rotatable bonds is 6. The van der Waals surface area contributed by atoms with Crippen LogP contribution in [0, 0.1) is 5.82 Å². The Hall–Kier alpha value is -3.68. The highest BCUT2D eigenvalue weighted by atomic mass is 19.1. The zero-order chi connectivity index (χ0) is 21.3. The molecule has 0 radical (unpaired) electrons. The second-order valence-corrected chi connectivity index (χ2v) is 7.39. The molecule has 1 aliphatic rings. The summed E-state index contributed by atoms with van der Waals surface area (Å²) < 4.78 is 14.2. The van der Waals surface area contributed by atoms with E-state index in [1.54, 1.807) is 24.3 Å². The van der Waals surface area contributed by atoms with Gasteiger partial charge in [-0.15, -0.1) is 10.2 Å². The van der Waals surface area contributed by atoms with Gasteiger partial charge in [0.05, 0.1) is 16.9 Å². The number of primary amides is 1. The van der Waals surface area contributed by atoms with E-state index in [0.717, 1.165) is 25.0 Å². The lowest BCUT2D eigenvalue weighted by molar-refractivity contribution is 0.0991. The Morgan fingerprint density at radius 3 is 2.50 bits per heavy atom. The van der Waals surface area contributed by atoms with Crippen LogP contribution in [-0.4, -0.2) is 26.9 Å². The van der Waals surface area contributed by atoms with Gasteiger partial charge in [-0.2, -0.15) is 0 Å². The Morgan fingerprint density at radius 2 is 1.90 bits per heavy atom. The molecule has 3 N–H and O–H groups in total. The Bertz CT molecular complexity index is 1130. The van der Waals surface area contributed by atoms with E-state index in [0.29, 0.717) is 17.1 Å². The van der Waals surface area contributed by atoms with Crippen molar-refractivity contribution in [3.05, 3.63) is 71.3 Å². The third-order valence-electron chi connectivity index (χ3n) is 5.38. The highest BCUT2D eigenvalue weighted by Crippen LogP contribution is 2.43. The second-order valence-electron chi connectivity index (χ2n) is 7.39. The van der Waals surface area contributed by atoms with E-state index in [9.17, 15) is 14.0 Å². The zero-order valence-electron chi connectivity index (χ0n) is 16.4. The number of pyridine rings is 1. The largest absolute Gasteiger partial charge is 0.364 e. The van der Waals surface area contributed by atoms with Crippen molar-refractivity contribution in [3.8, 4) is 11.3 Å². The molecule has 1 aliphatic carbocycles. The molecule has 1 amide bonds. The van der Waals surface area contributed by atoms with Gasteiger partial charge >= 0.3 is 0 Å². The number of benzene rings is 1. The van der Waals surface area contributed by atoms with Crippen molar-refractivity contribution in [2.75, 3.05) is 5.32 Å². The molecule has 152 valence electrons. The van der Waals surface area contributed by atoms with Crippen LogP contribution in [0.15, 0.2) is 48.5 Å². The van der Waals surface area contributed by atoms with Gasteiger partial charge in [-0.25, -0.2) is 9.37 Å². The van der Waals surface area contributed by atoms with E-state index in [1.807, 2.05) is 6.07 Å². The van der Waals surface area contributed by atoms with E-state index in [-0.39, 0.29) is 17.0 Å². The topological polar surface area (TPSA) is 111 Å². The van der Waals surface area contributed by atoms with E-state index < -0.39 is 17.3 Å². The monoisotopic (exact) mass is 405 g/mol. The maximum atomic E-state index is 14.2. The summed E-state index contributed by atoms with van der Waals surface area (Å²) in [5, 5.41) is 11.7. The Balaban J connectivity index is 1.61. The lowest BCUT2D eigenvalue weighted by atomic mass is 9.74. The molecular weight excluding hydrogens is 385 g/mol. The van der Waals surface area contributed by atoms with Crippen molar-refractivity contribution in [2.24, 2.45) is 5.73 Å². The fourth-order valence-electron chi connectivity index (χ4n) is 3.54. The summed E-state index contributed by atoms with van der Waals surface area (Å²) in [6, 6.07) is 12.7. The Morgan fingerprint density at radius 1 is 1.10 bits per heavy atom. The number of hydrogen-bond acceptors (Lipinski definition) is 6. The van der Waals surface area contributed by atoms with Crippen molar-refractivity contribution in [2.45, 2.75) is 31.7 Å². The number of nitrogens with zero attached hydrogens (tertiary/aromatic N) is 3. The smallest absolute Gasteiger partial charge is 0.267 e. The minimum absolute atomic E-state index is 0.153. The number of Topliss-reactive ketones (excluding diaryl/α,β-unsaturated/α-hetero) is 1. The van der Waals surface area contributed by atoms with Crippen molar-refractivity contribution < 1.29 is 14.0 Å². The number of aromatic nitrogens is 3. The number of anilines is 1. The molecular formula is C22H20FN5O2. The van der Waals surface area contributed by atoms with E-state index in [4.69, 9.17) is 5.73 Å². The van der Waals surface area contributed by atoms with Gasteiger partial charge < -0.3 is 11.1 Å². The summed E-state index contributed by atoms with van der Waals surface area (Å²) in [6.45, 7) is 1.43. The molecule has 0 unspecified atom stereocenters. The molecule has 0 spiro atoms. The molecule has 0 atom stereocenters. The second kappa shape index (κ2) is 7.62. The maximum absolute atomic E-state index is 14.2. The summed E-state index contributed by atoms with van der Waals surface area (Å²) >= 11 is 0. The first-order valence-electron chi connectivity index (χ1n) is 9.58. The number of nitrogens with one attached hydrogen (secondary N) is 1. The van der Waals surface area contributed by atoms with Crippen molar-refractivity contribution in [1.82, 2.24) is 15.2 Å². The first-order chi connectivity index (χ1) is 14.4. The van der Waals surface area contributed by atoms with E-state index in [2.05, 4.69) is 20.5 Å². The molecule has 7 nitrogen and oxygen atoms in total. The van der Waals surface area contributed by atoms with Crippen LogP contribution >= 0.6 is 0 Å². The first-order valence-corrected chi connectivity index (χ1v) is 9.58. The number of amides is 1. The predicted octanol–water partition coefficient (Wildman–Crippen LogP) is 3.47. The Kier molecular flexibility index (Phi) is 4.99. The summed E-state index contributed by atoms with van der Waals surface area (Å²) in [4.78, 5) is 27.5. The summed E-state index contributed by atoms with van der Waals surface area (Å²) in [7, 11) is 0. The van der Waals surface area contributed by atoms with Gasteiger partial charge in [0.25, 0.3) is 5.91 Å². The molecule has 1 saturated carbocycles. The normalized spacial score (nSPS) is 14.6. The molecule has 1 fully saturated rings. The van der Waals surface area contributed by atoms with Gasteiger partial charge in [0.1, 0.15) is 17.3 Å². The molecule has 30 heavy (non-hydrogen) atoms. The van der Waals surface area contributed by atoms with Crippen LogP contribution in [0.2, 0.25) is 0 Å². The van der Waals surface area contributed by atoms with Gasteiger partial charge in [-0.1, -0.05) is 6.07 Å². The lowest BCUT2D eigenvalue weighted by Crippen LogP contribution is -2.43. The van der Waals surface area contributed by atoms with Crippen LogP contribution < -0.4 is 11.1 Å². The van der Waals surface area contributed by atoms with Gasteiger partial charge in [-0.05, 0) is 68.7 Å². The van der Waals surface area contributed by atoms with Crippen LogP contribution in [0.4, 0.5) is 10.2 Å². The number of carbonyl (C=O) groups excluding carboxylic acids is 2. The van der Waals surface area contributed by atoms with Gasteiger partial charge in [0, 0.05) is 11.1 Å². The minimum Gasteiger partial charge on any atom is -0.364 e. The quantitative estimate of drug-likeness (QED) is 0.608. The van der Waals surface area contributed by atoms with E-state index in [1.165, 1.54) is 25.1 Å². The molecule has 0 bridgehead atoms. The fraction of sp³-hybridized carbons (Fsp3) is 0.227. The fourth-order valence-corrected chi connectivity index (χ4v) is 3.54. The van der Waals surface area contributed by atoms with Crippen LogP contribution in [-0.2, 0) is 5.54 Å². The molecule has 4 rings (SSSR count). The van der Waals surface area contributed by atoms with E-state index >= 15 is 0 Å². The molecule has 1 aromatic carbocycles. The van der Waals surface area contributed by atoms with Gasteiger partial charge in [0.2, 0.25) is 0 Å². The van der Waals surface area contributed by atoms with Gasteiger partial charge in [-0.3, -0.25) is 9.59 Å². The number of nitrogens with two attached hydrogens (primary N) is 1. The molecule has 2 heterocycles. The molecule has 0 aliphatic heterocycles. The Labute approximate surface area is 172 Å². The standard InChI is InChI=1S/C22H20FN5O2/c1-13(29)14-6-7-16(23)15(12-14)17-8-9-20(28-27-17)26-22(10-3-11-22)19-5-2-4-18(25-19)21(24)30/h2,4-9,12H,3,10-11H2,1H3,(H2,24,30)(H,26,28). The molecule has 0 saturated heterocycles. The SMILES string of the molecule is CC(=O)c1ccc(F)c(-c2ccc(NC3(c4cccc(C(N)=O)n4)CCC3)nn2)c1. The number of carbonyl (C=O) groups is 2. The minimum atomic E-state index is -0.578. The van der Waals surface area contributed by atoms with Crippen LogP contribution in [0.25, 0.3) is 11.3 Å².